The minimum Gasteiger partial charge on any atom is -0.478 e. The summed E-state index contributed by atoms with van der Waals surface area (Å²) in [6, 6.07) is 0. The van der Waals surface area contributed by atoms with Gasteiger partial charge in [-0.2, -0.15) is 0 Å². The first-order valence-corrected chi connectivity index (χ1v) is 4.67. The zero-order valence-electron chi connectivity index (χ0n) is 9.07. The molecule has 1 amide bonds. The molecule has 0 saturated carbocycles. The van der Waals surface area contributed by atoms with Crippen LogP contribution in [0.3, 0.4) is 0 Å². The highest BCUT2D eigenvalue weighted by Crippen LogP contribution is 2.22. The van der Waals surface area contributed by atoms with Gasteiger partial charge in [-0.05, 0) is 20.8 Å². The molecular weight excluding hydrogens is 198 g/mol. The summed E-state index contributed by atoms with van der Waals surface area (Å²) in [6.07, 6.45) is 0. The van der Waals surface area contributed by atoms with Crippen molar-refractivity contribution in [2.45, 2.75) is 26.4 Å². The maximum Gasteiger partial charge on any atom is 0.331 e. The van der Waals surface area contributed by atoms with E-state index in [0.717, 1.165) is 0 Å². The van der Waals surface area contributed by atoms with E-state index in [1.54, 1.807) is 6.92 Å². The largest absolute Gasteiger partial charge is 0.478 e. The van der Waals surface area contributed by atoms with Crippen LogP contribution in [0, 0.1) is 0 Å². The first-order chi connectivity index (χ1) is 6.74. The molecule has 1 rings (SSSR count). The van der Waals surface area contributed by atoms with Crippen LogP contribution in [0.1, 0.15) is 20.8 Å². The summed E-state index contributed by atoms with van der Waals surface area (Å²) >= 11 is 0. The third-order valence-corrected chi connectivity index (χ3v) is 2.55. The number of hydrogen-bond donors (Lipinski definition) is 2. The van der Waals surface area contributed by atoms with E-state index in [1.807, 2.05) is 0 Å². The second kappa shape index (κ2) is 3.66. The Morgan fingerprint density at radius 3 is 2.00 bits per heavy atom. The van der Waals surface area contributed by atoms with Gasteiger partial charge in [0.05, 0.1) is 18.7 Å². The van der Waals surface area contributed by atoms with Gasteiger partial charge in [0.25, 0.3) is 0 Å². The van der Waals surface area contributed by atoms with Crippen LogP contribution in [-0.2, 0) is 9.59 Å². The van der Waals surface area contributed by atoms with E-state index in [-0.39, 0.29) is 30.1 Å². The second-order valence-corrected chi connectivity index (χ2v) is 4.21. The summed E-state index contributed by atoms with van der Waals surface area (Å²) in [5, 5.41) is 18.1. The van der Waals surface area contributed by atoms with Crippen molar-refractivity contribution in [1.29, 1.82) is 0 Å². The number of amides is 1. The summed E-state index contributed by atoms with van der Waals surface area (Å²) in [7, 11) is 0. The number of likely N-dealkylation sites (tertiary alicyclic amines) is 1. The fraction of sp³-hybridized carbons (Fsp3) is 0.600. The van der Waals surface area contributed by atoms with Crippen molar-refractivity contribution in [3.8, 4) is 0 Å². The van der Waals surface area contributed by atoms with Gasteiger partial charge in [0.15, 0.2) is 0 Å². The van der Waals surface area contributed by atoms with Crippen molar-refractivity contribution in [1.82, 2.24) is 4.90 Å². The Hall–Kier alpha value is -1.36. The third-order valence-electron chi connectivity index (χ3n) is 2.55. The lowest BCUT2D eigenvalue weighted by Gasteiger charge is -2.44. The number of hydrogen-bond acceptors (Lipinski definition) is 3. The van der Waals surface area contributed by atoms with Crippen LogP contribution in [0.4, 0.5) is 0 Å². The zero-order chi connectivity index (χ0) is 11.8. The van der Waals surface area contributed by atoms with Crippen LogP contribution in [0.5, 0.6) is 0 Å². The fourth-order valence-electron chi connectivity index (χ4n) is 1.48. The number of carbonyl (C=O) groups excluding carboxylic acids is 1. The van der Waals surface area contributed by atoms with Gasteiger partial charge in [-0.3, -0.25) is 4.79 Å². The molecule has 1 saturated heterocycles. The van der Waals surface area contributed by atoms with Crippen LogP contribution in [0.2, 0.25) is 0 Å². The van der Waals surface area contributed by atoms with Crippen LogP contribution < -0.4 is 0 Å². The zero-order valence-corrected chi connectivity index (χ0v) is 9.07. The van der Waals surface area contributed by atoms with Gasteiger partial charge in [0.1, 0.15) is 0 Å². The molecule has 1 aliphatic heterocycles. The monoisotopic (exact) mass is 213 g/mol. The van der Waals surface area contributed by atoms with Crippen LogP contribution in [-0.4, -0.2) is 45.7 Å². The Labute approximate surface area is 88.0 Å². The van der Waals surface area contributed by atoms with Crippen molar-refractivity contribution in [3.05, 3.63) is 11.1 Å². The van der Waals surface area contributed by atoms with Crippen molar-refractivity contribution >= 4 is 11.9 Å². The summed E-state index contributed by atoms with van der Waals surface area (Å²) < 4.78 is 0. The Kier molecular flexibility index (Phi) is 2.86. The lowest BCUT2D eigenvalue weighted by atomic mass is 9.95. The van der Waals surface area contributed by atoms with E-state index in [0.29, 0.717) is 0 Å². The Balaban J connectivity index is 2.72. The maximum absolute atomic E-state index is 11.7. The number of carboxylic acid groups (broad SMARTS) is 1. The van der Waals surface area contributed by atoms with E-state index in [9.17, 15) is 14.7 Å². The molecule has 1 heterocycles. The molecule has 0 radical (unpaired) electrons. The first kappa shape index (κ1) is 11.7. The van der Waals surface area contributed by atoms with E-state index in [4.69, 9.17) is 5.11 Å². The summed E-state index contributed by atoms with van der Waals surface area (Å²) in [6.45, 7) is 5.04. The van der Waals surface area contributed by atoms with Gasteiger partial charge in [0.2, 0.25) is 5.91 Å². The number of aliphatic hydroxyl groups is 1. The average Bonchev–Trinajstić information content (AvgIpc) is 2.10. The highest BCUT2D eigenvalue weighted by Gasteiger charge is 2.40. The summed E-state index contributed by atoms with van der Waals surface area (Å²) in [5.41, 5.74) is -0.558. The van der Waals surface area contributed by atoms with Gasteiger partial charge >= 0.3 is 5.97 Å². The topological polar surface area (TPSA) is 77.8 Å². The molecule has 0 atom stereocenters. The number of β-amino-alcohol motifs (C(OH)–C–C–N with tert-alkyl or cyclic N) is 1. The van der Waals surface area contributed by atoms with Crippen molar-refractivity contribution in [3.63, 3.8) is 0 Å². The molecule has 0 aromatic rings. The van der Waals surface area contributed by atoms with Crippen LogP contribution in [0.15, 0.2) is 11.1 Å². The molecule has 2 N–H and O–H groups in total. The van der Waals surface area contributed by atoms with Crippen molar-refractivity contribution in [2.24, 2.45) is 0 Å². The predicted octanol–water partition coefficient (Wildman–Crippen LogP) is 0.000600. The fourth-order valence-corrected chi connectivity index (χ4v) is 1.48. The molecule has 1 fully saturated rings. The number of nitrogens with zero attached hydrogens (tertiary/aromatic N) is 1. The first-order valence-electron chi connectivity index (χ1n) is 4.67. The second-order valence-electron chi connectivity index (χ2n) is 4.21. The number of carbonyl (C=O) groups is 2. The summed E-state index contributed by atoms with van der Waals surface area (Å²) in [4.78, 5) is 23.7. The minimum atomic E-state index is -1.09. The van der Waals surface area contributed by atoms with Gasteiger partial charge in [-0.25, -0.2) is 4.79 Å². The molecule has 0 aromatic carbocycles. The smallest absolute Gasteiger partial charge is 0.331 e. The molecule has 0 spiro atoms. The predicted molar refractivity (Wildman–Crippen MR) is 53.2 cm³/mol. The summed E-state index contributed by atoms with van der Waals surface area (Å²) in [5.74, 6) is -1.41. The number of aliphatic carboxylic acids is 1. The Morgan fingerprint density at radius 1 is 1.20 bits per heavy atom. The molecule has 0 aromatic heterocycles. The van der Waals surface area contributed by atoms with E-state index in [1.165, 1.54) is 18.7 Å². The van der Waals surface area contributed by atoms with Crippen molar-refractivity contribution in [2.75, 3.05) is 13.1 Å². The molecule has 0 aliphatic carbocycles. The van der Waals surface area contributed by atoms with Gasteiger partial charge in [0, 0.05) is 11.1 Å². The molecule has 15 heavy (non-hydrogen) atoms. The standard InChI is InChI=1S/C10H15NO4/c1-6(7(2)9(13)14)8(12)11-4-10(3,15)5-11/h15H,4-5H2,1-3H3,(H,13,14). The van der Waals surface area contributed by atoms with E-state index >= 15 is 0 Å². The molecule has 5 heteroatoms. The van der Waals surface area contributed by atoms with Crippen molar-refractivity contribution < 1.29 is 19.8 Å². The van der Waals surface area contributed by atoms with Gasteiger partial charge in [-0.1, -0.05) is 0 Å². The van der Waals surface area contributed by atoms with Crippen LogP contribution in [0.25, 0.3) is 0 Å². The van der Waals surface area contributed by atoms with Crippen LogP contribution >= 0.6 is 0 Å². The molecule has 0 bridgehead atoms. The van der Waals surface area contributed by atoms with E-state index < -0.39 is 11.6 Å². The van der Waals surface area contributed by atoms with E-state index in [2.05, 4.69) is 0 Å². The highest BCUT2D eigenvalue weighted by atomic mass is 16.4. The molecule has 84 valence electrons. The SMILES string of the molecule is CC(C(=O)O)=C(C)C(=O)N1CC(C)(O)C1. The Bertz CT molecular complexity index is 335. The number of carboxylic acids is 1. The Morgan fingerprint density at radius 2 is 1.67 bits per heavy atom. The molecule has 0 unspecified atom stereocenters. The van der Waals surface area contributed by atoms with Gasteiger partial charge < -0.3 is 15.1 Å². The lowest BCUT2D eigenvalue weighted by Crippen LogP contribution is -2.61. The molecule has 1 aliphatic rings. The third kappa shape index (κ3) is 2.36. The normalized spacial score (nSPS) is 20.4. The minimum absolute atomic E-state index is 0.0477. The van der Waals surface area contributed by atoms with Gasteiger partial charge in [-0.15, -0.1) is 0 Å². The quantitative estimate of drug-likeness (QED) is 0.633. The number of rotatable bonds is 2. The molecular formula is C10H15NO4. The average molecular weight is 213 g/mol. The maximum atomic E-state index is 11.7. The highest BCUT2D eigenvalue weighted by molar-refractivity contribution is 6.01. The lowest BCUT2D eigenvalue weighted by molar-refractivity contribution is -0.148. The molecule has 5 nitrogen and oxygen atoms in total.